The van der Waals surface area contributed by atoms with E-state index >= 15 is 0 Å². The van der Waals surface area contributed by atoms with Crippen molar-refractivity contribution in [3.63, 3.8) is 0 Å². The van der Waals surface area contributed by atoms with E-state index in [1.807, 2.05) is 28.8 Å². The molecule has 9 heteroatoms. The lowest BCUT2D eigenvalue weighted by molar-refractivity contribution is -0.137. The predicted octanol–water partition coefficient (Wildman–Crippen LogP) is 6.01. The highest BCUT2D eigenvalue weighted by atomic mass is 35.5. The molecule has 0 spiro atoms. The molecule has 0 radical (unpaired) electrons. The maximum Gasteiger partial charge on any atom is 0.416 e. The summed E-state index contributed by atoms with van der Waals surface area (Å²) in [6.07, 6.45) is -2.73. The summed E-state index contributed by atoms with van der Waals surface area (Å²) < 4.78 is 45.9. The van der Waals surface area contributed by atoms with Crippen LogP contribution in [-0.4, -0.2) is 14.8 Å². The quantitative estimate of drug-likeness (QED) is 0.318. The summed E-state index contributed by atoms with van der Waals surface area (Å²) in [4.78, 5) is 0. The lowest BCUT2D eigenvalue weighted by Gasteiger charge is -2.11. The van der Waals surface area contributed by atoms with Crippen LogP contribution in [0.5, 0.6) is 5.75 Å². The summed E-state index contributed by atoms with van der Waals surface area (Å²) in [7, 11) is 0. The van der Waals surface area contributed by atoms with Gasteiger partial charge in [-0.25, -0.2) is 0 Å². The van der Waals surface area contributed by atoms with Crippen molar-refractivity contribution in [2.24, 2.45) is 0 Å². The average Bonchev–Trinajstić information content (AvgIpc) is 3.07. The molecule has 3 aromatic rings. The molecule has 0 amide bonds. The van der Waals surface area contributed by atoms with Crippen LogP contribution in [0.1, 0.15) is 17.0 Å². The first-order chi connectivity index (χ1) is 13.9. The molecular formula is C20H17ClF3N3OS. The summed E-state index contributed by atoms with van der Waals surface area (Å²) in [6.45, 7) is 4.16. The molecule has 0 N–H and O–H groups in total. The number of alkyl halides is 3. The fraction of sp³-hybridized carbons (Fsp3) is 0.200. The summed E-state index contributed by atoms with van der Waals surface area (Å²) in [6, 6.07) is 12.2. The third-order valence-corrected chi connectivity index (χ3v) is 5.33. The van der Waals surface area contributed by atoms with Crippen molar-refractivity contribution in [3.05, 3.63) is 83.2 Å². The van der Waals surface area contributed by atoms with Crippen LogP contribution < -0.4 is 4.74 Å². The number of halogens is 4. The van der Waals surface area contributed by atoms with Crippen molar-refractivity contribution in [2.45, 2.75) is 30.2 Å². The number of rotatable bonds is 8. The molecule has 0 fully saturated rings. The van der Waals surface area contributed by atoms with Crippen LogP contribution >= 0.6 is 23.4 Å². The molecule has 29 heavy (non-hydrogen) atoms. The highest BCUT2D eigenvalue weighted by molar-refractivity contribution is 7.98. The Labute approximate surface area is 175 Å². The molecule has 0 aliphatic rings. The zero-order valence-corrected chi connectivity index (χ0v) is 16.8. The third-order valence-electron chi connectivity index (χ3n) is 3.95. The van der Waals surface area contributed by atoms with E-state index in [4.69, 9.17) is 16.3 Å². The van der Waals surface area contributed by atoms with Gasteiger partial charge < -0.3 is 4.74 Å². The van der Waals surface area contributed by atoms with Gasteiger partial charge in [0.25, 0.3) is 0 Å². The minimum Gasteiger partial charge on any atom is -0.486 e. The van der Waals surface area contributed by atoms with Crippen molar-refractivity contribution in [1.29, 1.82) is 0 Å². The standard InChI is InChI=1S/C20H17ClF3N3OS/c1-2-10-27-18(12-28-16-8-5-7-15(11-16)20(22,23)24)25-26-19(27)29-13-14-6-3-4-9-17(14)21/h2-9,11H,1,10,12-13H2. The number of benzene rings is 2. The van der Waals surface area contributed by atoms with E-state index in [1.165, 1.54) is 23.9 Å². The lowest BCUT2D eigenvalue weighted by Crippen LogP contribution is -2.08. The maximum atomic E-state index is 12.8. The number of aromatic nitrogens is 3. The van der Waals surface area contributed by atoms with Crippen molar-refractivity contribution in [1.82, 2.24) is 14.8 Å². The van der Waals surface area contributed by atoms with Crippen molar-refractivity contribution < 1.29 is 17.9 Å². The minimum atomic E-state index is -4.43. The molecule has 0 aliphatic carbocycles. The number of allylic oxidation sites excluding steroid dienone is 1. The number of hydrogen-bond acceptors (Lipinski definition) is 4. The second-order valence-electron chi connectivity index (χ2n) is 5.99. The summed E-state index contributed by atoms with van der Waals surface area (Å²) in [5, 5.41) is 9.61. The first kappa shape index (κ1) is 21.3. The molecule has 4 nitrogen and oxygen atoms in total. The normalized spacial score (nSPS) is 11.4. The Morgan fingerprint density at radius 3 is 2.66 bits per heavy atom. The molecule has 3 rings (SSSR count). The SMILES string of the molecule is C=CCn1c(COc2cccc(C(F)(F)F)c2)nnc1SCc1ccccc1Cl. The Balaban J connectivity index is 1.72. The van der Waals surface area contributed by atoms with E-state index in [1.54, 1.807) is 6.08 Å². The summed E-state index contributed by atoms with van der Waals surface area (Å²) in [5.41, 5.74) is 0.202. The Bertz CT molecular complexity index is 991. The highest BCUT2D eigenvalue weighted by Crippen LogP contribution is 2.31. The van der Waals surface area contributed by atoms with Crippen LogP contribution in [0.3, 0.4) is 0 Å². The van der Waals surface area contributed by atoms with Crippen LogP contribution in [0.4, 0.5) is 13.2 Å². The highest BCUT2D eigenvalue weighted by Gasteiger charge is 2.30. The Kier molecular flexibility index (Phi) is 6.87. The Hall–Kier alpha value is -2.45. The monoisotopic (exact) mass is 439 g/mol. The van der Waals surface area contributed by atoms with Gasteiger partial charge in [-0.2, -0.15) is 13.2 Å². The van der Waals surface area contributed by atoms with Gasteiger partial charge in [0.15, 0.2) is 11.0 Å². The molecule has 0 saturated heterocycles. The summed E-state index contributed by atoms with van der Waals surface area (Å²) >= 11 is 7.64. The molecular weight excluding hydrogens is 423 g/mol. The second-order valence-corrected chi connectivity index (χ2v) is 7.34. The molecule has 152 valence electrons. The van der Waals surface area contributed by atoms with E-state index in [2.05, 4.69) is 16.8 Å². The first-order valence-corrected chi connectivity index (χ1v) is 9.94. The number of ether oxygens (including phenoxy) is 1. The van der Waals surface area contributed by atoms with Crippen molar-refractivity contribution in [2.75, 3.05) is 0 Å². The van der Waals surface area contributed by atoms with Crippen molar-refractivity contribution in [3.8, 4) is 5.75 Å². The fourth-order valence-corrected chi connectivity index (χ4v) is 3.77. The topological polar surface area (TPSA) is 39.9 Å². The average molecular weight is 440 g/mol. The first-order valence-electron chi connectivity index (χ1n) is 8.57. The molecule has 0 atom stereocenters. The number of nitrogens with zero attached hydrogens (tertiary/aromatic N) is 3. The molecule has 0 unspecified atom stereocenters. The van der Waals surface area contributed by atoms with Crippen LogP contribution in [0.2, 0.25) is 5.02 Å². The van der Waals surface area contributed by atoms with E-state index in [-0.39, 0.29) is 12.4 Å². The Morgan fingerprint density at radius 2 is 1.93 bits per heavy atom. The van der Waals surface area contributed by atoms with Gasteiger partial charge in [0.1, 0.15) is 12.4 Å². The van der Waals surface area contributed by atoms with E-state index in [0.29, 0.717) is 28.3 Å². The molecule has 0 saturated carbocycles. The molecule has 0 bridgehead atoms. The Morgan fingerprint density at radius 1 is 1.14 bits per heavy atom. The van der Waals surface area contributed by atoms with Crippen molar-refractivity contribution >= 4 is 23.4 Å². The molecule has 0 aliphatic heterocycles. The molecule has 1 aromatic heterocycles. The lowest BCUT2D eigenvalue weighted by atomic mass is 10.2. The van der Waals surface area contributed by atoms with Gasteiger partial charge in [-0.15, -0.1) is 16.8 Å². The van der Waals surface area contributed by atoms with E-state index in [9.17, 15) is 13.2 Å². The van der Waals surface area contributed by atoms with E-state index in [0.717, 1.165) is 17.7 Å². The zero-order chi connectivity index (χ0) is 20.9. The van der Waals surface area contributed by atoms with Crippen LogP contribution in [0, 0.1) is 0 Å². The second kappa shape index (κ2) is 9.37. The van der Waals surface area contributed by atoms with Gasteiger partial charge in [-0.1, -0.05) is 53.7 Å². The van der Waals surface area contributed by atoms with Gasteiger partial charge in [0.05, 0.1) is 5.56 Å². The largest absolute Gasteiger partial charge is 0.486 e. The van der Waals surface area contributed by atoms with Crippen LogP contribution in [-0.2, 0) is 25.1 Å². The smallest absolute Gasteiger partial charge is 0.416 e. The minimum absolute atomic E-state index is 0.0190. The van der Waals surface area contributed by atoms with Gasteiger partial charge in [0, 0.05) is 17.3 Å². The fourth-order valence-electron chi connectivity index (χ4n) is 2.51. The third kappa shape index (κ3) is 5.55. The molecule has 2 aromatic carbocycles. The van der Waals surface area contributed by atoms with Gasteiger partial charge in [-0.3, -0.25) is 4.57 Å². The van der Waals surface area contributed by atoms with Gasteiger partial charge >= 0.3 is 6.18 Å². The van der Waals surface area contributed by atoms with E-state index < -0.39 is 11.7 Å². The number of hydrogen-bond donors (Lipinski definition) is 0. The van der Waals surface area contributed by atoms with Crippen LogP contribution in [0.15, 0.2) is 66.3 Å². The number of thioether (sulfide) groups is 1. The van der Waals surface area contributed by atoms with Crippen LogP contribution in [0.25, 0.3) is 0 Å². The van der Waals surface area contributed by atoms with Gasteiger partial charge in [-0.05, 0) is 29.8 Å². The van der Waals surface area contributed by atoms with Gasteiger partial charge in [0.2, 0.25) is 0 Å². The summed E-state index contributed by atoms with van der Waals surface area (Å²) in [5.74, 6) is 1.20. The predicted molar refractivity (Wildman–Crippen MR) is 107 cm³/mol. The maximum absolute atomic E-state index is 12.8. The zero-order valence-electron chi connectivity index (χ0n) is 15.2. The molecule has 1 heterocycles.